The number of amides is 2. The van der Waals surface area contributed by atoms with Gasteiger partial charge in [-0.3, -0.25) is 9.59 Å². The Hall–Kier alpha value is -4.17. The highest BCUT2D eigenvalue weighted by atomic mass is 16.5. The Kier molecular flexibility index (Phi) is 8.10. The van der Waals surface area contributed by atoms with Crippen LogP contribution in [0.2, 0.25) is 0 Å². The smallest absolute Gasteiger partial charge is 0.338 e. The number of carbonyl (C=O) groups is 3. The normalized spacial score (nSPS) is 10.8. The number of hydrogen-bond donors (Lipinski definition) is 1. The molecule has 0 saturated heterocycles. The minimum Gasteiger partial charge on any atom is -0.449 e. The SMILES string of the molecule is C[C@@H](OC(=O)c1ccc(NC(=O)CC#N)cc1)C(=O)N(CCC#N)c1ccccc1. The molecule has 8 heteroatoms. The molecular weight excluding hydrogens is 384 g/mol. The summed E-state index contributed by atoms with van der Waals surface area (Å²) in [5.74, 6) is -1.59. The fourth-order valence-electron chi connectivity index (χ4n) is 2.60. The quantitative estimate of drug-likeness (QED) is 0.675. The van der Waals surface area contributed by atoms with Crippen molar-refractivity contribution in [2.45, 2.75) is 25.9 Å². The van der Waals surface area contributed by atoms with Crippen molar-refractivity contribution in [2.24, 2.45) is 0 Å². The van der Waals surface area contributed by atoms with Gasteiger partial charge in [0.05, 0.1) is 24.1 Å². The number of nitriles is 2. The van der Waals surface area contributed by atoms with Crippen LogP contribution in [0.5, 0.6) is 0 Å². The summed E-state index contributed by atoms with van der Waals surface area (Å²) in [6.45, 7) is 1.65. The predicted octanol–water partition coefficient (Wildman–Crippen LogP) is 3.03. The average molecular weight is 404 g/mol. The van der Waals surface area contributed by atoms with Crippen molar-refractivity contribution in [3.63, 3.8) is 0 Å². The van der Waals surface area contributed by atoms with Crippen molar-refractivity contribution >= 4 is 29.2 Å². The fourth-order valence-corrected chi connectivity index (χ4v) is 2.60. The Labute approximate surface area is 174 Å². The molecule has 0 saturated carbocycles. The van der Waals surface area contributed by atoms with E-state index in [9.17, 15) is 14.4 Å². The van der Waals surface area contributed by atoms with Crippen molar-refractivity contribution in [2.75, 3.05) is 16.8 Å². The summed E-state index contributed by atoms with van der Waals surface area (Å²) in [4.78, 5) is 38.0. The second-order valence-corrected chi connectivity index (χ2v) is 6.24. The minimum atomic E-state index is -1.06. The second kappa shape index (κ2) is 11.0. The molecule has 2 aromatic rings. The van der Waals surface area contributed by atoms with E-state index in [4.69, 9.17) is 15.3 Å². The molecule has 8 nitrogen and oxygen atoms in total. The van der Waals surface area contributed by atoms with E-state index in [1.807, 2.05) is 12.1 Å². The van der Waals surface area contributed by atoms with E-state index in [1.54, 1.807) is 30.3 Å². The highest BCUT2D eigenvalue weighted by Crippen LogP contribution is 2.17. The fraction of sp³-hybridized carbons (Fsp3) is 0.227. The molecule has 2 amide bonds. The van der Waals surface area contributed by atoms with Gasteiger partial charge in [-0.1, -0.05) is 18.2 Å². The lowest BCUT2D eigenvalue weighted by molar-refractivity contribution is -0.126. The van der Waals surface area contributed by atoms with Crippen LogP contribution in [0.3, 0.4) is 0 Å². The summed E-state index contributed by atoms with van der Waals surface area (Å²) in [7, 11) is 0. The summed E-state index contributed by atoms with van der Waals surface area (Å²) in [5.41, 5.74) is 1.25. The molecule has 0 unspecified atom stereocenters. The minimum absolute atomic E-state index is 0.139. The molecule has 30 heavy (non-hydrogen) atoms. The predicted molar refractivity (Wildman–Crippen MR) is 109 cm³/mol. The van der Waals surface area contributed by atoms with Gasteiger partial charge < -0.3 is 15.0 Å². The number of hydrogen-bond acceptors (Lipinski definition) is 6. The summed E-state index contributed by atoms with van der Waals surface area (Å²) >= 11 is 0. The molecule has 152 valence electrons. The Morgan fingerprint density at radius 2 is 1.70 bits per heavy atom. The molecule has 0 bridgehead atoms. The molecule has 0 aliphatic rings. The van der Waals surface area contributed by atoms with E-state index in [0.717, 1.165) is 0 Å². The molecule has 0 aliphatic heterocycles. The van der Waals surface area contributed by atoms with Crippen molar-refractivity contribution in [3.8, 4) is 12.1 Å². The van der Waals surface area contributed by atoms with E-state index < -0.39 is 23.9 Å². The van der Waals surface area contributed by atoms with Gasteiger partial charge in [-0.2, -0.15) is 10.5 Å². The maximum atomic E-state index is 12.8. The number of anilines is 2. The third-order valence-electron chi connectivity index (χ3n) is 4.06. The van der Waals surface area contributed by atoms with Gasteiger partial charge in [-0.05, 0) is 43.3 Å². The molecule has 1 N–H and O–H groups in total. The lowest BCUT2D eigenvalue weighted by Gasteiger charge is -2.25. The molecule has 2 rings (SSSR count). The van der Waals surface area contributed by atoms with E-state index in [0.29, 0.717) is 11.4 Å². The van der Waals surface area contributed by atoms with E-state index in [-0.39, 0.29) is 24.9 Å². The molecule has 1 atom stereocenters. The molecule has 0 aromatic heterocycles. The van der Waals surface area contributed by atoms with Crippen LogP contribution in [-0.2, 0) is 14.3 Å². The van der Waals surface area contributed by atoms with Crippen LogP contribution in [0, 0.1) is 22.7 Å². The summed E-state index contributed by atoms with van der Waals surface area (Å²) in [6.07, 6.45) is -1.20. The molecule has 0 heterocycles. The topological polar surface area (TPSA) is 123 Å². The van der Waals surface area contributed by atoms with E-state index in [2.05, 4.69) is 5.32 Å². The monoisotopic (exact) mass is 404 g/mol. The Bertz CT molecular complexity index is 975. The van der Waals surface area contributed by atoms with Gasteiger partial charge in [0.2, 0.25) is 5.91 Å². The highest BCUT2D eigenvalue weighted by Gasteiger charge is 2.25. The van der Waals surface area contributed by atoms with Crippen molar-refractivity contribution in [1.82, 2.24) is 0 Å². The third-order valence-corrected chi connectivity index (χ3v) is 4.06. The van der Waals surface area contributed by atoms with Gasteiger partial charge in [0.15, 0.2) is 6.10 Å². The van der Waals surface area contributed by atoms with Crippen LogP contribution in [-0.4, -0.2) is 30.4 Å². The summed E-state index contributed by atoms with van der Waals surface area (Å²) in [5, 5.41) is 19.9. The molecular formula is C22H20N4O4. The number of carbonyl (C=O) groups excluding carboxylic acids is 3. The van der Waals surface area contributed by atoms with E-state index >= 15 is 0 Å². The first-order valence-corrected chi connectivity index (χ1v) is 9.17. The Balaban J connectivity index is 2.04. The van der Waals surface area contributed by atoms with Crippen LogP contribution < -0.4 is 10.2 Å². The van der Waals surface area contributed by atoms with Gasteiger partial charge in [-0.25, -0.2) is 4.79 Å². The number of benzene rings is 2. The zero-order valence-electron chi connectivity index (χ0n) is 16.4. The number of nitrogens with zero attached hydrogens (tertiary/aromatic N) is 3. The first-order chi connectivity index (χ1) is 14.5. The van der Waals surface area contributed by atoms with Gasteiger partial charge in [0.1, 0.15) is 6.42 Å². The van der Waals surface area contributed by atoms with Crippen molar-refractivity contribution < 1.29 is 19.1 Å². The van der Waals surface area contributed by atoms with Crippen LogP contribution >= 0.6 is 0 Å². The Morgan fingerprint density at radius 3 is 2.30 bits per heavy atom. The van der Waals surface area contributed by atoms with Gasteiger partial charge in [-0.15, -0.1) is 0 Å². The molecule has 2 aromatic carbocycles. The van der Waals surface area contributed by atoms with E-state index in [1.165, 1.54) is 36.1 Å². The van der Waals surface area contributed by atoms with Gasteiger partial charge >= 0.3 is 5.97 Å². The van der Waals surface area contributed by atoms with Crippen LogP contribution in [0.4, 0.5) is 11.4 Å². The van der Waals surface area contributed by atoms with Gasteiger partial charge in [0.25, 0.3) is 5.91 Å². The molecule has 0 aliphatic carbocycles. The van der Waals surface area contributed by atoms with Gasteiger partial charge in [0, 0.05) is 17.9 Å². The number of ether oxygens (including phenoxy) is 1. The van der Waals surface area contributed by atoms with Crippen molar-refractivity contribution in [3.05, 3.63) is 60.2 Å². The second-order valence-electron chi connectivity index (χ2n) is 6.24. The van der Waals surface area contributed by atoms with Crippen LogP contribution in [0.15, 0.2) is 54.6 Å². The maximum absolute atomic E-state index is 12.8. The van der Waals surface area contributed by atoms with Crippen molar-refractivity contribution in [1.29, 1.82) is 10.5 Å². The van der Waals surface area contributed by atoms with Crippen LogP contribution in [0.1, 0.15) is 30.1 Å². The number of rotatable bonds is 8. The Morgan fingerprint density at radius 1 is 1.03 bits per heavy atom. The lowest BCUT2D eigenvalue weighted by Crippen LogP contribution is -2.40. The zero-order chi connectivity index (χ0) is 21.9. The highest BCUT2D eigenvalue weighted by molar-refractivity contribution is 5.99. The number of nitrogens with one attached hydrogen (secondary N) is 1. The molecule has 0 radical (unpaired) electrons. The molecule has 0 spiro atoms. The maximum Gasteiger partial charge on any atom is 0.338 e. The molecule has 0 fully saturated rings. The largest absolute Gasteiger partial charge is 0.449 e. The summed E-state index contributed by atoms with van der Waals surface area (Å²) in [6, 6.07) is 18.5. The third kappa shape index (κ3) is 6.18. The lowest BCUT2D eigenvalue weighted by atomic mass is 10.2. The van der Waals surface area contributed by atoms with Crippen LogP contribution in [0.25, 0.3) is 0 Å². The first-order valence-electron chi connectivity index (χ1n) is 9.17. The number of para-hydroxylation sites is 1. The summed E-state index contributed by atoms with van der Waals surface area (Å²) < 4.78 is 5.30. The standard InChI is InChI=1S/C22H20N4O4/c1-16(21(28)26(15-5-13-23)19-6-3-2-4-7-19)30-22(29)17-8-10-18(11-9-17)25-20(27)12-14-24/h2-4,6-11,16H,5,12,15H2,1H3,(H,25,27)/t16-/m1/s1. The first kappa shape index (κ1) is 22.1. The zero-order valence-corrected chi connectivity index (χ0v) is 16.4. The average Bonchev–Trinajstić information content (AvgIpc) is 2.75. The number of esters is 1.